The van der Waals surface area contributed by atoms with Crippen LogP contribution in [0.5, 0.6) is 0 Å². The van der Waals surface area contributed by atoms with Crippen molar-refractivity contribution >= 4 is 17.8 Å². The largest absolute Gasteiger partial charge is 0.480 e. The van der Waals surface area contributed by atoms with E-state index in [1.54, 1.807) is 0 Å². The molecule has 2 aliphatic rings. The first-order valence-corrected chi connectivity index (χ1v) is 7.11. The number of aliphatic carboxylic acids is 1. The van der Waals surface area contributed by atoms with Crippen molar-refractivity contribution in [2.75, 3.05) is 6.54 Å². The molecule has 9 heteroatoms. The van der Waals surface area contributed by atoms with Crippen LogP contribution in [0.2, 0.25) is 0 Å². The molecule has 124 valence electrons. The molecule has 1 aliphatic heterocycles. The van der Waals surface area contributed by atoms with Gasteiger partial charge in [0.1, 0.15) is 6.04 Å². The van der Waals surface area contributed by atoms with Crippen molar-refractivity contribution in [3.8, 4) is 0 Å². The Hall–Kier alpha value is -1.80. The van der Waals surface area contributed by atoms with Crippen molar-refractivity contribution < 1.29 is 32.7 Å². The number of nitrogens with zero attached hydrogens (tertiary/aromatic N) is 1. The maximum atomic E-state index is 12.1. The van der Waals surface area contributed by atoms with Crippen molar-refractivity contribution in [3.05, 3.63) is 0 Å². The van der Waals surface area contributed by atoms with Gasteiger partial charge in [-0.1, -0.05) is 12.8 Å². The normalized spacial score (nSPS) is 28.1. The lowest BCUT2D eigenvalue weighted by atomic mass is 9.85. The second kappa shape index (κ2) is 6.13. The number of hydrogen-bond donors (Lipinski definition) is 2. The van der Waals surface area contributed by atoms with Crippen molar-refractivity contribution in [1.82, 2.24) is 10.2 Å². The third-order valence-corrected chi connectivity index (χ3v) is 4.32. The van der Waals surface area contributed by atoms with E-state index in [1.807, 2.05) is 0 Å². The molecule has 1 saturated heterocycles. The van der Waals surface area contributed by atoms with Gasteiger partial charge in [0.2, 0.25) is 5.91 Å². The van der Waals surface area contributed by atoms with E-state index in [0.717, 1.165) is 24.2 Å². The summed E-state index contributed by atoms with van der Waals surface area (Å²) in [6.07, 6.45) is -1.48. The summed E-state index contributed by atoms with van der Waals surface area (Å²) in [5, 5.41) is 10.7. The van der Waals surface area contributed by atoms with E-state index in [-0.39, 0.29) is 12.0 Å². The second-order valence-electron chi connectivity index (χ2n) is 5.68. The van der Waals surface area contributed by atoms with Crippen LogP contribution in [-0.2, 0) is 14.4 Å². The zero-order valence-electron chi connectivity index (χ0n) is 11.7. The lowest BCUT2D eigenvalue weighted by molar-refractivity contribution is -0.174. The zero-order valence-corrected chi connectivity index (χ0v) is 11.7. The number of rotatable bonds is 3. The average molecular weight is 322 g/mol. The lowest BCUT2D eigenvalue weighted by Gasteiger charge is -2.33. The third kappa shape index (κ3) is 3.33. The number of amides is 2. The Balaban J connectivity index is 2.05. The lowest BCUT2D eigenvalue weighted by Crippen LogP contribution is -2.51. The van der Waals surface area contributed by atoms with Crippen LogP contribution in [0.4, 0.5) is 13.2 Å². The molecule has 1 saturated carbocycles. The van der Waals surface area contributed by atoms with E-state index >= 15 is 0 Å². The van der Waals surface area contributed by atoms with E-state index < -0.39 is 36.5 Å². The van der Waals surface area contributed by atoms with E-state index in [2.05, 4.69) is 0 Å². The molecule has 2 N–H and O–H groups in total. The quantitative estimate of drug-likeness (QED) is 0.808. The maximum Gasteiger partial charge on any atom is 0.471 e. The summed E-state index contributed by atoms with van der Waals surface area (Å²) in [4.78, 5) is 35.3. The van der Waals surface area contributed by atoms with Gasteiger partial charge in [-0.3, -0.25) is 9.59 Å². The minimum Gasteiger partial charge on any atom is -0.480 e. The Labute approximate surface area is 124 Å². The van der Waals surface area contributed by atoms with Gasteiger partial charge in [0.05, 0.1) is 6.54 Å². The minimum atomic E-state index is -5.06. The van der Waals surface area contributed by atoms with E-state index in [0.29, 0.717) is 12.8 Å². The fourth-order valence-corrected chi connectivity index (χ4v) is 3.39. The molecule has 0 bridgehead atoms. The summed E-state index contributed by atoms with van der Waals surface area (Å²) < 4.78 is 36.4. The van der Waals surface area contributed by atoms with Gasteiger partial charge >= 0.3 is 18.1 Å². The number of carbonyl (C=O) groups excluding carboxylic acids is 2. The molecule has 2 rings (SSSR count). The Kier molecular flexibility index (Phi) is 4.62. The summed E-state index contributed by atoms with van der Waals surface area (Å²) in [5.74, 6) is -4.08. The highest BCUT2D eigenvalue weighted by molar-refractivity contribution is 5.90. The molecule has 6 nitrogen and oxygen atoms in total. The van der Waals surface area contributed by atoms with E-state index in [4.69, 9.17) is 0 Å². The predicted molar refractivity (Wildman–Crippen MR) is 67.7 cm³/mol. The summed E-state index contributed by atoms with van der Waals surface area (Å²) >= 11 is 0. The van der Waals surface area contributed by atoms with Gasteiger partial charge in [-0.25, -0.2) is 4.79 Å². The van der Waals surface area contributed by atoms with Crippen molar-refractivity contribution in [1.29, 1.82) is 0 Å². The molecule has 2 amide bonds. The molecule has 3 atom stereocenters. The molecular formula is C13H17F3N2O4. The zero-order chi connectivity index (χ0) is 16.5. The smallest absolute Gasteiger partial charge is 0.471 e. The average Bonchev–Trinajstić information content (AvgIpc) is 2.83. The predicted octanol–water partition coefficient (Wildman–Crippen LogP) is 0.909. The van der Waals surface area contributed by atoms with Crippen molar-refractivity contribution in [2.24, 2.45) is 5.92 Å². The number of carboxylic acid groups (broad SMARTS) is 1. The Morgan fingerprint density at radius 1 is 1.18 bits per heavy atom. The van der Waals surface area contributed by atoms with Crippen molar-refractivity contribution in [2.45, 2.75) is 50.4 Å². The number of carboxylic acids is 1. The Morgan fingerprint density at radius 3 is 2.41 bits per heavy atom. The SMILES string of the molecule is O=C(O)[C@@H]1C[C@@H]2CCCC[C@@H]2N1C(=O)CNC(=O)C(F)(F)F. The van der Waals surface area contributed by atoms with Gasteiger partial charge in [0, 0.05) is 6.04 Å². The maximum absolute atomic E-state index is 12.1. The molecule has 0 aromatic rings. The monoisotopic (exact) mass is 322 g/mol. The van der Waals surface area contributed by atoms with Gasteiger partial charge < -0.3 is 15.3 Å². The Morgan fingerprint density at radius 2 is 1.82 bits per heavy atom. The third-order valence-electron chi connectivity index (χ3n) is 4.32. The highest BCUT2D eigenvalue weighted by Crippen LogP contribution is 2.39. The van der Waals surface area contributed by atoms with Crippen LogP contribution in [-0.4, -0.2) is 52.6 Å². The van der Waals surface area contributed by atoms with Crippen LogP contribution < -0.4 is 5.32 Å². The van der Waals surface area contributed by atoms with Crippen LogP contribution in [0.1, 0.15) is 32.1 Å². The molecule has 0 aromatic carbocycles. The van der Waals surface area contributed by atoms with Crippen LogP contribution in [0.3, 0.4) is 0 Å². The molecule has 22 heavy (non-hydrogen) atoms. The number of carbonyl (C=O) groups is 3. The van der Waals surface area contributed by atoms with Crippen LogP contribution >= 0.6 is 0 Å². The second-order valence-corrected chi connectivity index (χ2v) is 5.68. The summed E-state index contributed by atoms with van der Waals surface area (Å²) in [6, 6.07) is -1.28. The van der Waals surface area contributed by atoms with Gasteiger partial charge in [-0.2, -0.15) is 13.2 Å². The standard InChI is InChI=1S/C13H17F3N2O4/c14-13(15,16)12(22)17-6-10(19)18-8-4-2-1-3-7(8)5-9(18)11(20)21/h7-9H,1-6H2,(H,17,22)(H,20,21)/t7-,8-,9-/m0/s1. The number of hydrogen-bond acceptors (Lipinski definition) is 3. The molecule has 0 radical (unpaired) electrons. The number of nitrogens with one attached hydrogen (secondary N) is 1. The molecule has 1 aliphatic carbocycles. The van der Waals surface area contributed by atoms with Crippen LogP contribution in [0.25, 0.3) is 0 Å². The molecule has 0 aromatic heterocycles. The van der Waals surface area contributed by atoms with Crippen LogP contribution in [0.15, 0.2) is 0 Å². The molecule has 0 unspecified atom stereocenters. The van der Waals surface area contributed by atoms with Gasteiger partial charge in [0.25, 0.3) is 0 Å². The first-order chi connectivity index (χ1) is 10.2. The topological polar surface area (TPSA) is 86.7 Å². The Bertz CT molecular complexity index is 480. The number of alkyl halides is 3. The van der Waals surface area contributed by atoms with Crippen molar-refractivity contribution in [3.63, 3.8) is 0 Å². The fraction of sp³-hybridized carbons (Fsp3) is 0.769. The summed E-state index contributed by atoms with van der Waals surface area (Å²) in [7, 11) is 0. The van der Waals surface area contributed by atoms with Gasteiger partial charge in [-0.05, 0) is 25.2 Å². The summed E-state index contributed by atoms with van der Waals surface area (Å²) in [6.45, 7) is -0.842. The molecule has 2 fully saturated rings. The van der Waals surface area contributed by atoms with E-state index in [9.17, 15) is 32.7 Å². The molecule has 0 spiro atoms. The van der Waals surface area contributed by atoms with Crippen LogP contribution in [0, 0.1) is 5.92 Å². The highest BCUT2D eigenvalue weighted by Gasteiger charge is 2.47. The number of fused-ring (bicyclic) bond motifs is 1. The first-order valence-electron chi connectivity index (χ1n) is 7.11. The first kappa shape index (κ1) is 16.6. The fourth-order valence-electron chi connectivity index (χ4n) is 3.39. The molecule has 1 heterocycles. The van der Waals surface area contributed by atoms with E-state index in [1.165, 1.54) is 5.32 Å². The minimum absolute atomic E-state index is 0.0668. The number of likely N-dealkylation sites (tertiary alicyclic amines) is 1. The van der Waals surface area contributed by atoms with Gasteiger partial charge in [-0.15, -0.1) is 0 Å². The summed E-state index contributed by atoms with van der Waals surface area (Å²) in [5.41, 5.74) is 0. The number of halogens is 3. The highest BCUT2D eigenvalue weighted by atomic mass is 19.4. The van der Waals surface area contributed by atoms with Gasteiger partial charge in [0.15, 0.2) is 0 Å². The molecular weight excluding hydrogens is 305 g/mol.